The second kappa shape index (κ2) is 6.24. The number of amides is 2. The number of hydrogen-bond acceptors (Lipinski definition) is 3. The van der Waals surface area contributed by atoms with Crippen molar-refractivity contribution in [3.63, 3.8) is 0 Å². The summed E-state index contributed by atoms with van der Waals surface area (Å²) < 4.78 is 0.892. The molecule has 0 heterocycles. The average Bonchev–Trinajstić information content (AvgIpc) is 2.29. The summed E-state index contributed by atoms with van der Waals surface area (Å²) in [5, 5.41) is 10.8. The van der Waals surface area contributed by atoms with E-state index in [0.29, 0.717) is 5.56 Å². The molecule has 0 spiro atoms. The van der Waals surface area contributed by atoms with Gasteiger partial charge in [-0.15, -0.1) is 0 Å². The Hall–Kier alpha value is -1.40. The second-order valence-electron chi connectivity index (χ2n) is 3.05. The van der Waals surface area contributed by atoms with Gasteiger partial charge in [-0.05, 0) is 24.3 Å². The summed E-state index contributed by atoms with van der Waals surface area (Å²) in [6.07, 6.45) is 0.0404. The second-order valence-corrected chi connectivity index (χ2v) is 3.96. The molecule has 0 aliphatic carbocycles. The highest BCUT2D eigenvalue weighted by Crippen LogP contribution is 2.10. The molecule has 0 atom stereocenters. The summed E-state index contributed by atoms with van der Waals surface area (Å²) in [4.78, 5) is 22.2. The van der Waals surface area contributed by atoms with E-state index in [4.69, 9.17) is 5.21 Å². The quantitative estimate of drug-likeness (QED) is 0.572. The zero-order valence-corrected chi connectivity index (χ0v) is 9.95. The van der Waals surface area contributed by atoms with Crippen molar-refractivity contribution in [2.24, 2.45) is 0 Å². The van der Waals surface area contributed by atoms with E-state index < -0.39 is 5.91 Å². The van der Waals surface area contributed by atoms with Crippen molar-refractivity contribution in [2.45, 2.75) is 6.42 Å². The van der Waals surface area contributed by atoms with Crippen LogP contribution in [-0.4, -0.2) is 23.6 Å². The number of carbonyl (C=O) groups excluding carboxylic acids is 2. The smallest absolute Gasteiger partial charge is 0.251 e. The van der Waals surface area contributed by atoms with Crippen LogP contribution in [0.1, 0.15) is 16.8 Å². The van der Waals surface area contributed by atoms with E-state index in [9.17, 15) is 9.59 Å². The minimum absolute atomic E-state index is 0.0404. The SMILES string of the molecule is O=C(CCNC(=O)c1ccc(Br)cc1)NO. The van der Waals surface area contributed by atoms with Crippen LogP contribution in [0.2, 0.25) is 0 Å². The van der Waals surface area contributed by atoms with Crippen LogP contribution in [0, 0.1) is 0 Å². The molecular formula is C10H11BrN2O3. The van der Waals surface area contributed by atoms with Crippen molar-refractivity contribution in [3.8, 4) is 0 Å². The van der Waals surface area contributed by atoms with Gasteiger partial charge < -0.3 is 5.32 Å². The van der Waals surface area contributed by atoms with E-state index in [0.717, 1.165) is 4.47 Å². The molecule has 0 aromatic heterocycles. The van der Waals surface area contributed by atoms with Gasteiger partial charge in [0.15, 0.2) is 0 Å². The summed E-state index contributed by atoms with van der Waals surface area (Å²) in [5.41, 5.74) is 2.01. The third kappa shape index (κ3) is 4.00. The molecule has 0 fully saturated rings. The van der Waals surface area contributed by atoms with Crippen LogP contribution in [0.3, 0.4) is 0 Å². The van der Waals surface area contributed by atoms with Crippen molar-refractivity contribution in [1.29, 1.82) is 0 Å². The Morgan fingerprint density at radius 1 is 1.25 bits per heavy atom. The van der Waals surface area contributed by atoms with Gasteiger partial charge in [-0.25, -0.2) is 5.48 Å². The molecule has 0 radical (unpaired) electrons. The lowest BCUT2D eigenvalue weighted by Gasteiger charge is -2.04. The number of hydrogen-bond donors (Lipinski definition) is 3. The Morgan fingerprint density at radius 3 is 2.44 bits per heavy atom. The van der Waals surface area contributed by atoms with Gasteiger partial charge in [0.25, 0.3) is 5.91 Å². The van der Waals surface area contributed by atoms with Crippen molar-refractivity contribution in [1.82, 2.24) is 10.8 Å². The first kappa shape index (κ1) is 12.7. The number of nitrogens with one attached hydrogen (secondary N) is 2. The first-order chi connectivity index (χ1) is 7.63. The third-order valence-corrected chi connectivity index (χ3v) is 2.40. The lowest BCUT2D eigenvalue weighted by molar-refractivity contribution is -0.129. The average molecular weight is 287 g/mol. The molecule has 5 nitrogen and oxygen atoms in total. The van der Waals surface area contributed by atoms with Crippen LogP contribution in [0.5, 0.6) is 0 Å². The summed E-state index contributed by atoms with van der Waals surface area (Å²) in [6, 6.07) is 6.86. The van der Waals surface area contributed by atoms with Gasteiger partial charge in [0.05, 0.1) is 0 Å². The van der Waals surface area contributed by atoms with Crippen LogP contribution >= 0.6 is 15.9 Å². The van der Waals surface area contributed by atoms with Crippen LogP contribution in [-0.2, 0) is 4.79 Å². The number of halogens is 1. The van der Waals surface area contributed by atoms with Crippen molar-refractivity contribution in [3.05, 3.63) is 34.3 Å². The molecule has 2 amide bonds. The molecule has 86 valence electrons. The Morgan fingerprint density at radius 2 is 1.88 bits per heavy atom. The van der Waals surface area contributed by atoms with Gasteiger partial charge in [0.2, 0.25) is 5.91 Å². The Kier molecular flexibility index (Phi) is 4.94. The highest BCUT2D eigenvalue weighted by atomic mass is 79.9. The fourth-order valence-corrected chi connectivity index (χ4v) is 1.31. The summed E-state index contributed by atoms with van der Waals surface area (Å²) in [7, 11) is 0. The fraction of sp³-hybridized carbons (Fsp3) is 0.200. The van der Waals surface area contributed by atoms with Crippen LogP contribution in [0.4, 0.5) is 0 Å². The van der Waals surface area contributed by atoms with E-state index >= 15 is 0 Å². The molecule has 0 aliphatic rings. The monoisotopic (exact) mass is 286 g/mol. The van der Waals surface area contributed by atoms with Crippen molar-refractivity contribution < 1.29 is 14.8 Å². The third-order valence-electron chi connectivity index (χ3n) is 1.87. The van der Waals surface area contributed by atoms with Crippen LogP contribution in [0.15, 0.2) is 28.7 Å². The van der Waals surface area contributed by atoms with Crippen LogP contribution < -0.4 is 10.8 Å². The molecular weight excluding hydrogens is 276 g/mol. The Balaban J connectivity index is 2.41. The topological polar surface area (TPSA) is 78.4 Å². The number of rotatable bonds is 4. The van der Waals surface area contributed by atoms with E-state index in [-0.39, 0.29) is 18.9 Å². The summed E-state index contributed by atoms with van der Waals surface area (Å²) >= 11 is 3.26. The normalized spacial score (nSPS) is 9.62. The van der Waals surface area contributed by atoms with Crippen molar-refractivity contribution in [2.75, 3.05) is 6.54 Å². The number of hydroxylamine groups is 1. The van der Waals surface area contributed by atoms with Gasteiger partial charge in [0.1, 0.15) is 0 Å². The van der Waals surface area contributed by atoms with Crippen molar-refractivity contribution >= 4 is 27.7 Å². The van der Waals surface area contributed by atoms with Crippen LogP contribution in [0.25, 0.3) is 0 Å². The zero-order valence-electron chi connectivity index (χ0n) is 8.37. The molecule has 0 saturated carbocycles. The molecule has 0 saturated heterocycles. The Labute approximate surface area is 101 Å². The molecule has 1 rings (SSSR count). The maximum absolute atomic E-state index is 11.5. The predicted molar refractivity (Wildman–Crippen MR) is 61.0 cm³/mol. The largest absolute Gasteiger partial charge is 0.352 e. The lowest BCUT2D eigenvalue weighted by Crippen LogP contribution is -2.29. The zero-order chi connectivity index (χ0) is 12.0. The molecule has 0 unspecified atom stereocenters. The van der Waals surface area contributed by atoms with Gasteiger partial charge in [0, 0.05) is 23.0 Å². The molecule has 1 aromatic rings. The minimum Gasteiger partial charge on any atom is -0.352 e. The summed E-state index contributed by atoms with van der Waals surface area (Å²) in [5.74, 6) is -0.783. The highest BCUT2D eigenvalue weighted by Gasteiger charge is 2.05. The first-order valence-electron chi connectivity index (χ1n) is 4.60. The van der Waals surface area contributed by atoms with E-state index in [2.05, 4.69) is 21.2 Å². The standard InChI is InChI=1S/C10H11BrN2O3/c11-8-3-1-7(2-4-8)10(15)12-6-5-9(14)13-16/h1-4,16H,5-6H2,(H,12,15)(H,13,14). The molecule has 0 aliphatic heterocycles. The fourth-order valence-electron chi connectivity index (χ4n) is 1.05. The lowest BCUT2D eigenvalue weighted by atomic mass is 10.2. The van der Waals surface area contributed by atoms with E-state index in [1.54, 1.807) is 24.3 Å². The van der Waals surface area contributed by atoms with Gasteiger partial charge >= 0.3 is 0 Å². The Bertz CT molecular complexity index is 378. The summed E-state index contributed by atoms with van der Waals surface area (Å²) in [6.45, 7) is 0.182. The molecule has 0 bridgehead atoms. The number of carbonyl (C=O) groups is 2. The molecule has 16 heavy (non-hydrogen) atoms. The minimum atomic E-state index is -0.531. The van der Waals surface area contributed by atoms with Gasteiger partial charge in [-0.1, -0.05) is 15.9 Å². The predicted octanol–water partition coefficient (Wildman–Crippen LogP) is 1.07. The van der Waals surface area contributed by atoms with E-state index in [1.807, 2.05) is 0 Å². The van der Waals surface area contributed by atoms with Gasteiger partial charge in [-0.3, -0.25) is 14.8 Å². The van der Waals surface area contributed by atoms with Gasteiger partial charge in [-0.2, -0.15) is 0 Å². The molecule has 3 N–H and O–H groups in total. The highest BCUT2D eigenvalue weighted by molar-refractivity contribution is 9.10. The number of benzene rings is 1. The maximum Gasteiger partial charge on any atom is 0.251 e. The molecule has 1 aromatic carbocycles. The first-order valence-corrected chi connectivity index (χ1v) is 5.39. The maximum atomic E-state index is 11.5. The molecule has 6 heteroatoms. The van der Waals surface area contributed by atoms with E-state index in [1.165, 1.54) is 5.48 Å².